The molecule has 13 heavy (non-hydrogen) atoms. The second kappa shape index (κ2) is 11.2. The zero-order chi connectivity index (χ0) is 10.9. The zero-order valence-electron chi connectivity index (χ0n) is 7.02. The average molecular weight is 360 g/mol. The van der Waals surface area contributed by atoms with E-state index in [9.17, 15) is 14.1 Å². The van der Waals surface area contributed by atoms with Crippen LogP contribution in [0.2, 0.25) is 0 Å². The van der Waals surface area contributed by atoms with Crippen molar-refractivity contribution in [1.82, 2.24) is 0 Å². The third-order valence-corrected chi connectivity index (χ3v) is 0. The normalized spacial score (nSPS) is 11.6. The summed E-state index contributed by atoms with van der Waals surface area (Å²) in [6, 6.07) is 0. The molecule has 0 aliphatic heterocycles. The molecule has 0 saturated heterocycles. The molecule has 0 bridgehead atoms. The van der Waals surface area contributed by atoms with Crippen LogP contribution in [0.4, 0.5) is 14.1 Å². The quantitative estimate of drug-likeness (QED) is 0.273. The van der Waals surface area contributed by atoms with Crippen molar-refractivity contribution >= 4 is 45.6 Å². The Kier molecular flexibility index (Phi) is 20.4. The molecule has 88 valence electrons. The third-order valence-electron chi connectivity index (χ3n) is 0. The number of rotatable bonds is 0. The SMILES string of the molecule is CCC.SCS.[F-].[F][Sb]([F])([F])([F])[F]. The van der Waals surface area contributed by atoms with Crippen molar-refractivity contribution in [3.8, 4) is 0 Å². The summed E-state index contributed by atoms with van der Waals surface area (Å²) in [6.45, 7) is 4.25. The van der Waals surface area contributed by atoms with E-state index in [0.29, 0.717) is 5.08 Å². The Labute approximate surface area is 89.5 Å². The van der Waals surface area contributed by atoms with Crippen LogP contribution in [-0.4, -0.2) is 25.4 Å². The number of thiol groups is 2. The Bertz CT molecular complexity index is 73.4. The number of halogens is 6. The van der Waals surface area contributed by atoms with Gasteiger partial charge in [0, 0.05) is 5.08 Å². The molecule has 0 aliphatic rings. The molecule has 9 heteroatoms. The topological polar surface area (TPSA) is 0 Å². The van der Waals surface area contributed by atoms with Crippen molar-refractivity contribution in [1.29, 1.82) is 0 Å². The van der Waals surface area contributed by atoms with E-state index in [-0.39, 0.29) is 4.70 Å². The van der Waals surface area contributed by atoms with Crippen LogP contribution in [0, 0.1) is 0 Å². The van der Waals surface area contributed by atoms with Gasteiger partial charge >= 0.3 is 34.4 Å². The van der Waals surface area contributed by atoms with Crippen LogP contribution in [0.25, 0.3) is 0 Å². The van der Waals surface area contributed by atoms with Gasteiger partial charge in [-0.15, -0.1) is 0 Å². The Morgan fingerprint density at radius 3 is 0.923 bits per heavy atom. The monoisotopic (exact) mass is 359 g/mol. The van der Waals surface area contributed by atoms with Crippen LogP contribution >= 0.6 is 25.3 Å². The van der Waals surface area contributed by atoms with Gasteiger partial charge < -0.3 is 4.70 Å². The standard InChI is InChI=1S/C3H8.CH4S2.6FH.Sb/c1-3-2;2-1-3;;;;;;;/h3H2,1-2H3;2-3H,1H2;6*1H;/q;;;;;;;;+5/p-6. The summed E-state index contributed by atoms with van der Waals surface area (Å²) in [7, 11) is 0. The molecule has 0 radical (unpaired) electrons. The Morgan fingerprint density at radius 1 is 0.923 bits per heavy atom. The first-order chi connectivity index (χ1) is 5.06. The van der Waals surface area contributed by atoms with Gasteiger partial charge in [-0.3, -0.25) is 0 Å². The van der Waals surface area contributed by atoms with E-state index in [4.69, 9.17) is 0 Å². The van der Waals surface area contributed by atoms with Crippen LogP contribution in [0.15, 0.2) is 0 Å². The van der Waals surface area contributed by atoms with Gasteiger partial charge in [-0.1, -0.05) is 20.3 Å². The molecule has 0 heterocycles. The minimum absolute atomic E-state index is 0. The molecule has 0 rings (SSSR count). The van der Waals surface area contributed by atoms with E-state index >= 15 is 0 Å². The molecule has 0 spiro atoms. The summed E-state index contributed by atoms with van der Waals surface area (Å²) >= 11 is -1.88. The number of hydrogen-bond donors (Lipinski definition) is 2. The summed E-state index contributed by atoms with van der Waals surface area (Å²) in [6.07, 6.45) is 1.25. The van der Waals surface area contributed by atoms with Gasteiger partial charge in [-0.25, -0.2) is 0 Å². The molecule has 0 N–H and O–H groups in total. The Hall–Kier alpha value is 1.10. The molecular weight excluding hydrogens is 348 g/mol. The van der Waals surface area contributed by atoms with Gasteiger partial charge in [-0.05, 0) is 0 Å². The van der Waals surface area contributed by atoms with E-state index in [2.05, 4.69) is 39.1 Å². The van der Waals surface area contributed by atoms with Crippen molar-refractivity contribution < 1.29 is 18.8 Å². The average Bonchev–Trinajstić information content (AvgIpc) is 1.59. The molecule has 0 aromatic rings. The summed E-state index contributed by atoms with van der Waals surface area (Å²) < 4.78 is 49.6. The second-order valence-corrected chi connectivity index (χ2v) is 6.27. The van der Waals surface area contributed by atoms with Crippen LogP contribution in [0.5, 0.6) is 0 Å². The predicted molar refractivity (Wildman–Crippen MR) is 50.1 cm³/mol. The number of hydrogen-bond acceptors (Lipinski definition) is 2. The molecule has 0 nitrogen and oxygen atoms in total. The first-order valence-corrected chi connectivity index (χ1v) is 8.98. The molecule has 0 aliphatic carbocycles. The van der Waals surface area contributed by atoms with Crippen molar-refractivity contribution in [2.75, 3.05) is 5.08 Å². The summed E-state index contributed by atoms with van der Waals surface area (Å²) in [5, 5.41) is 0.639. The Morgan fingerprint density at radius 2 is 0.923 bits per heavy atom. The molecular formula is C4H12F6S2Sb-. The van der Waals surface area contributed by atoms with E-state index in [1.54, 1.807) is 0 Å². The van der Waals surface area contributed by atoms with Gasteiger partial charge in [0.1, 0.15) is 0 Å². The molecule has 0 unspecified atom stereocenters. The van der Waals surface area contributed by atoms with Crippen molar-refractivity contribution in [2.45, 2.75) is 20.3 Å². The van der Waals surface area contributed by atoms with Gasteiger partial charge in [-0.2, -0.15) is 25.3 Å². The van der Waals surface area contributed by atoms with E-state index in [1.807, 2.05) is 0 Å². The molecule has 0 amide bonds. The summed E-state index contributed by atoms with van der Waals surface area (Å²) in [5.41, 5.74) is 0. The maximum atomic E-state index is 9.91. The minimum atomic E-state index is -9.19. The molecule has 0 atom stereocenters. The van der Waals surface area contributed by atoms with Crippen molar-refractivity contribution in [3.63, 3.8) is 0 Å². The fraction of sp³-hybridized carbons (Fsp3) is 1.00. The van der Waals surface area contributed by atoms with Crippen LogP contribution in [0.3, 0.4) is 0 Å². The third kappa shape index (κ3) is 1340. The van der Waals surface area contributed by atoms with Crippen molar-refractivity contribution in [2.24, 2.45) is 0 Å². The van der Waals surface area contributed by atoms with Gasteiger partial charge in [0.15, 0.2) is 0 Å². The zero-order valence-corrected chi connectivity index (χ0v) is 11.4. The second-order valence-electron chi connectivity index (χ2n) is 1.49. The van der Waals surface area contributed by atoms with Gasteiger partial charge in [0.05, 0.1) is 0 Å². The summed E-state index contributed by atoms with van der Waals surface area (Å²) in [5.74, 6) is 0. The first-order valence-electron chi connectivity index (χ1n) is 2.89. The van der Waals surface area contributed by atoms with Gasteiger partial charge in [0.2, 0.25) is 0 Å². The summed E-state index contributed by atoms with van der Waals surface area (Å²) in [4.78, 5) is 0. The van der Waals surface area contributed by atoms with Crippen LogP contribution < -0.4 is 4.70 Å². The maximum absolute atomic E-state index is 9.91. The van der Waals surface area contributed by atoms with Crippen LogP contribution in [-0.2, 0) is 0 Å². The predicted octanol–water partition coefficient (Wildman–Crippen LogP) is 0.944. The molecule has 0 saturated carbocycles. The first kappa shape index (κ1) is 23.7. The molecule has 0 aromatic carbocycles. The fourth-order valence-corrected chi connectivity index (χ4v) is 0. The van der Waals surface area contributed by atoms with Crippen molar-refractivity contribution in [3.05, 3.63) is 0 Å². The van der Waals surface area contributed by atoms with Crippen LogP contribution in [0.1, 0.15) is 20.3 Å². The van der Waals surface area contributed by atoms with E-state index in [0.717, 1.165) is 0 Å². The van der Waals surface area contributed by atoms with Gasteiger partial charge in [0.25, 0.3) is 0 Å². The fourth-order valence-electron chi connectivity index (χ4n) is 0. The molecule has 0 fully saturated rings. The van der Waals surface area contributed by atoms with E-state index < -0.39 is 20.3 Å². The van der Waals surface area contributed by atoms with E-state index in [1.165, 1.54) is 6.42 Å². The Balaban J connectivity index is -0.0000000501. The molecule has 0 aromatic heterocycles.